The number of hydrogen-bond acceptors (Lipinski definition) is 4. The Labute approximate surface area is 288 Å². The van der Waals surface area contributed by atoms with Crippen molar-refractivity contribution in [1.82, 2.24) is 0 Å². The third kappa shape index (κ3) is 7.44. The molecule has 0 saturated carbocycles. The molecule has 1 aliphatic heterocycles. The molecule has 0 aliphatic carbocycles. The van der Waals surface area contributed by atoms with Crippen LogP contribution in [0.25, 0.3) is 33.4 Å². The first-order valence-corrected chi connectivity index (χ1v) is 17.3. The van der Waals surface area contributed by atoms with E-state index in [1.165, 1.54) is 18.2 Å². The lowest BCUT2D eigenvalue weighted by Gasteiger charge is -2.24. The second-order valence-electron chi connectivity index (χ2n) is 11.9. The molecule has 1 heterocycles. The van der Waals surface area contributed by atoms with Crippen LogP contribution in [-0.4, -0.2) is 26.7 Å². The third-order valence-corrected chi connectivity index (χ3v) is 11.3. The Morgan fingerprint density at radius 3 is 1.42 bits per heavy atom. The summed E-state index contributed by atoms with van der Waals surface area (Å²) in [5, 5.41) is 0.0863. The zero-order valence-electron chi connectivity index (χ0n) is 27.2. The Morgan fingerprint density at radius 2 is 1.06 bits per heavy atom. The summed E-state index contributed by atoms with van der Waals surface area (Å²) in [6.07, 6.45) is -20.4. The van der Waals surface area contributed by atoms with Gasteiger partial charge in [-0.3, -0.25) is 0 Å². The highest BCUT2D eigenvalue weighted by molar-refractivity contribution is 7.72. The minimum absolute atomic E-state index is 0.0303. The van der Waals surface area contributed by atoms with Crippen molar-refractivity contribution in [3.05, 3.63) is 82.9 Å². The molecule has 0 saturated heterocycles. The van der Waals surface area contributed by atoms with Gasteiger partial charge in [0.25, 0.3) is 0 Å². The highest BCUT2D eigenvalue weighted by Gasteiger charge is 2.42. The van der Waals surface area contributed by atoms with E-state index in [4.69, 9.17) is 14.2 Å². The molecule has 1 atom stereocenters. The van der Waals surface area contributed by atoms with Crippen molar-refractivity contribution in [2.75, 3.05) is 26.7 Å². The van der Waals surface area contributed by atoms with Crippen LogP contribution < -0.4 is 19.5 Å². The first-order chi connectivity index (χ1) is 24.0. The molecular weight excluding hydrogens is 743 g/mol. The van der Waals surface area contributed by atoms with Crippen molar-refractivity contribution in [2.45, 2.75) is 44.5 Å². The SMILES string of the molecule is CCCCP1(=O)COc2cccc(-c3c(OC)c(-c4cc(C(F)(F)F)cc(C(F)(F)F)c4)cc(-c4cc(C(F)(F)F)cc(C(F)(F)F)c4)c3OC)c21. The first-order valence-electron chi connectivity index (χ1n) is 15.3. The quantitative estimate of drug-likeness (QED) is 0.132. The van der Waals surface area contributed by atoms with E-state index < -0.39 is 87.9 Å². The maximum atomic E-state index is 14.4. The van der Waals surface area contributed by atoms with E-state index in [1.54, 1.807) is 0 Å². The summed E-state index contributed by atoms with van der Waals surface area (Å²) < 4.78 is 200. The molecule has 0 fully saturated rings. The van der Waals surface area contributed by atoms with Crippen LogP contribution in [0, 0.1) is 0 Å². The molecule has 0 N–H and O–H groups in total. The summed E-state index contributed by atoms with van der Waals surface area (Å²) in [5.41, 5.74) is -10.1. The molecule has 1 aliphatic rings. The highest BCUT2D eigenvalue weighted by atomic mass is 31.2. The Balaban J connectivity index is 2.01. The van der Waals surface area contributed by atoms with Crippen molar-refractivity contribution in [3.8, 4) is 50.6 Å². The van der Waals surface area contributed by atoms with Gasteiger partial charge >= 0.3 is 24.7 Å². The van der Waals surface area contributed by atoms with Gasteiger partial charge in [0.15, 0.2) is 7.14 Å². The molecule has 0 aromatic heterocycles. The van der Waals surface area contributed by atoms with Crippen LogP contribution in [0.5, 0.6) is 17.2 Å². The smallest absolute Gasteiger partial charge is 0.416 e. The lowest BCUT2D eigenvalue weighted by molar-refractivity contribution is -0.144. The van der Waals surface area contributed by atoms with Crippen LogP contribution in [0.3, 0.4) is 0 Å². The van der Waals surface area contributed by atoms with E-state index in [9.17, 15) is 57.3 Å². The maximum absolute atomic E-state index is 14.4. The first kappa shape index (κ1) is 38.9. The average Bonchev–Trinajstić information content (AvgIpc) is 3.41. The van der Waals surface area contributed by atoms with Crippen LogP contribution in [-0.2, 0) is 29.3 Å². The molecule has 0 spiro atoms. The molecule has 52 heavy (non-hydrogen) atoms. The highest BCUT2D eigenvalue weighted by Crippen LogP contribution is 2.58. The number of benzene rings is 4. The van der Waals surface area contributed by atoms with Gasteiger partial charge in [0.2, 0.25) is 0 Å². The van der Waals surface area contributed by atoms with E-state index in [0.29, 0.717) is 37.1 Å². The van der Waals surface area contributed by atoms with E-state index in [1.807, 2.05) is 6.92 Å². The van der Waals surface area contributed by atoms with E-state index in [0.717, 1.165) is 20.3 Å². The number of alkyl halides is 12. The number of methoxy groups -OCH3 is 2. The van der Waals surface area contributed by atoms with Crippen molar-refractivity contribution < 1.29 is 71.5 Å². The number of fused-ring (bicyclic) bond motifs is 1. The van der Waals surface area contributed by atoms with Crippen molar-refractivity contribution in [2.24, 2.45) is 0 Å². The molecule has 4 aromatic rings. The Hall–Kier alpha value is -4.33. The zero-order chi connectivity index (χ0) is 38.6. The normalized spacial score (nSPS) is 16.4. The fraction of sp³-hybridized carbons (Fsp3) is 0.314. The van der Waals surface area contributed by atoms with Gasteiger partial charge in [-0.05, 0) is 66.1 Å². The third-order valence-electron chi connectivity index (χ3n) is 8.41. The summed E-state index contributed by atoms with van der Waals surface area (Å²) in [4.78, 5) is 0. The lowest BCUT2D eigenvalue weighted by Crippen LogP contribution is -2.12. The van der Waals surface area contributed by atoms with Gasteiger partial charge in [0.1, 0.15) is 23.6 Å². The second-order valence-corrected chi connectivity index (χ2v) is 14.8. The molecule has 280 valence electrons. The van der Waals surface area contributed by atoms with E-state index in [2.05, 4.69) is 0 Å². The predicted octanol–water partition coefficient (Wildman–Crippen LogP) is 11.9. The average molecular weight is 771 g/mol. The van der Waals surface area contributed by atoms with Gasteiger partial charge in [-0.1, -0.05) is 25.5 Å². The minimum atomic E-state index is -5.33. The zero-order valence-corrected chi connectivity index (χ0v) is 28.1. The van der Waals surface area contributed by atoms with Crippen molar-refractivity contribution >= 4 is 12.4 Å². The van der Waals surface area contributed by atoms with Gasteiger partial charge in [0.05, 0.1) is 47.3 Å². The molecule has 0 bridgehead atoms. The molecule has 1 unspecified atom stereocenters. The number of ether oxygens (including phenoxy) is 3. The summed E-state index contributed by atoms with van der Waals surface area (Å²) in [6, 6.07) is 6.09. The molecule has 4 aromatic carbocycles. The van der Waals surface area contributed by atoms with Gasteiger partial charge in [-0.2, -0.15) is 52.7 Å². The summed E-state index contributed by atoms with van der Waals surface area (Å²) >= 11 is 0. The lowest BCUT2D eigenvalue weighted by atomic mass is 9.88. The standard InChI is InChI=1S/C35H27F12O4P/c1-4-5-9-52(48)17-51-27-8-6-7-24(31(27)52)28-29(49-2)25(18-10-20(32(36,37)38)14-21(11-18)33(39,40)41)16-26(30(28)50-3)19-12-22(34(42,43)44)15-23(13-19)35(45,46)47/h6-8,10-16H,4-5,9,17H2,1-3H3. The largest absolute Gasteiger partial charge is 0.495 e. The maximum Gasteiger partial charge on any atom is 0.416 e. The topological polar surface area (TPSA) is 44.8 Å². The molecule has 17 heteroatoms. The molecule has 5 rings (SSSR count). The van der Waals surface area contributed by atoms with E-state index >= 15 is 0 Å². The van der Waals surface area contributed by atoms with Crippen molar-refractivity contribution in [3.63, 3.8) is 0 Å². The molecule has 0 amide bonds. The number of rotatable bonds is 8. The Kier molecular flexibility index (Phi) is 10.2. The fourth-order valence-corrected chi connectivity index (χ4v) is 8.88. The molecular formula is C35H27F12O4P. The van der Waals surface area contributed by atoms with Crippen LogP contribution in [0.15, 0.2) is 60.7 Å². The monoisotopic (exact) mass is 770 g/mol. The van der Waals surface area contributed by atoms with Gasteiger partial charge in [-0.25, -0.2) is 0 Å². The summed E-state index contributed by atoms with van der Waals surface area (Å²) in [5.74, 6) is -0.846. The Bertz CT molecular complexity index is 1880. The van der Waals surface area contributed by atoms with Gasteiger partial charge in [0, 0.05) is 22.9 Å². The molecule has 0 radical (unpaired) electrons. The van der Waals surface area contributed by atoms with Crippen molar-refractivity contribution in [1.29, 1.82) is 0 Å². The van der Waals surface area contributed by atoms with Crippen LogP contribution >= 0.6 is 7.14 Å². The predicted molar refractivity (Wildman–Crippen MR) is 168 cm³/mol. The Morgan fingerprint density at radius 1 is 0.635 bits per heavy atom. The van der Waals surface area contributed by atoms with Crippen LogP contribution in [0.1, 0.15) is 42.0 Å². The number of halogens is 12. The number of unbranched alkanes of at least 4 members (excludes halogenated alkanes) is 1. The summed E-state index contributed by atoms with van der Waals surface area (Å²) in [6.45, 7) is 1.83. The minimum Gasteiger partial charge on any atom is -0.495 e. The van der Waals surface area contributed by atoms with Crippen LogP contribution in [0.4, 0.5) is 52.7 Å². The second kappa shape index (κ2) is 13.6. The molecule has 4 nitrogen and oxygen atoms in total. The fourth-order valence-electron chi connectivity index (χ4n) is 6.06. The number of hydrogen-bond donors (Lipinski definition) is 0. The van der Waals surface area contributed by atoms with Gasteiger partial charge < -0.3 is 18.8 Å². The van der Waals surface area contributed by atoms with Crippen LogP contribution in [0.2, 0.25) is 0 Å². The van der Waals surface area contributed by atoms with Gasteiger partial charge in [-0.15, -0.1) is 0 Å². The summed E-state index contributed by atoms with van der Waals surface area (Å²) in [7, 11) is -1.46. The van der Waals surface area contributed by atoms with E-state index in [-0.39, 0.29) is 46.8 Å².